The zero-order chi connectivity index (χ0) is 13.5. The van der Waals surface area contributed by atoms with E-state index in [0.717, 1.165) is 19.0 Å². The highest BCUT2D eigenvalue weighted by Gasteiger charge is 2.23. The quantitative estimate of drug-likeness (QED) is 0.788. The van der Waals surface area contributed by atoms with Crippen molar-refractivity contribution in [3.8, 4) is 0 Å². The van der Waals surface area contributed by atoms with Gasteiger partial charge in [0.2, 0.25) is 0 Å². The van der Waals surface area contributed by atoms with E-state index in [9.17, 15) is 0 Å². The first-order valence-electron chi connectivity index (χ1n) is 7.81. The number of benzene rings is 1. The molecule has 19 heavy (non-hydrogen) atoms. The maximum atomic E-state index is 3.60. The standard InChI is InChI=1S/C17H28N2/c1-3-11-18-14-17(16-7-5-4-6-8-16)19-12-9-15(2)10-13-19/h4-8,15,17-18H,3,9-14H2,1-2H3. The number of hydrogen-bond donors (Lipinski definition) is 1. The van der Waals surface area contributed by atoms with E-state index in [0.29, 0.717) is 6.04 Å². The lowest BCUT2D eigenvalue weighted by molar-refractivity contribution is 0.135. The highest BCUT2D eigenvalue weighted by molar-refractivity contribution is 5.19. The van der Waals surface area contributed by atoms with Gasteiger partial charge in [0.25, 0.3) is 0 Å². The molecule has 1 N–H and O–H groups in total. The van der Waals surface area contributed by atoms with Crippen molar-refractivity contribution in [2.24, 2.45) is 5.92 Å². The SMILES string of the molecule is CCCNCC(c1ccccc1)N1CCC(C)CC1. The molecule has 0 aromatic heterocycles. The molecule has 1 saturated heterocycles. The van der Waals surface area contributed by atoms with E-state index >= 15 is 0 Å². The van der Waals surface area contributed by atoms with E-state index < -0.39 is 0 Å². The lowest BCUT2D eigenvalue weighted by atomic mass is 9.95. The first kappa shape index (κ1) is 14.5. The lowest BCUT2D eigenvalue weighted by Crippen LogP contribution is -2.40. The van der Waals surface area contributed by atoms with E-state index in [4.69, 9.17) is 0 Å². The van der Waals surface area contributed by atoms with Crippen molar-refractivity contribution in [3.63, 3.8) is 0 Å². The summed E-state index contributed by atoms with van der Waals surface area (Å²) in [5, 5.41) is 3.60. The molecule has 0 bridgehead atoms. The molecule has 2 heteroatoms. The minimum absolute atomic E-state index is 0.542. The van der Waals surface area contributed by atoms with E-state index in [1.807, 2.05) is 0 Å². The number of piperidine rings is 1. The van der Waals surface area contributed by atoms with Crippen LogP contribution in [0.15, 0.2) is 30.3 Å². The fourth-order valence-electron chi connectivity index (χ4n) is 2.89. The number of nitrogens with zero attached hydrogens (tertiary/aromatic N) is 1. The van der Waals surface area contributed by atoms with Crippen molar-refractivity contribution < 1.29 is 0 Å². The molecule has 1 fully saturated rings. The zero-order valence-corrected chi connectivity index (χ0v) is 12.4. The van der Waals surface area contributed by atoms with Crippen LogP contribution in [0, 0.1) is 5.92 Å². The van der Waals surface area contributed by atoms with Gasteiger partial charge in [-0.05, 0) is 50.4 Å². The Morgan fingerprint density at radius 3 is 2.53 bits per heavy atom. The summed E-state index contributed by atoms with van der Waals surface area (Å²) in [5.74, 6) is 0.899. The summed E-state index contributed by atoms with van der Waals surface area (Å²) >= 11 is 0. The number of nitrogens with one attached hydrogen (secondary N) is 1. The molecule has 0 spiro atoms. The van der Waals surface area contributed by atoms with Crippen LogP contribution in [0.5, 0.6) is 0 Å². The molecule has 1 aliphatic heterocycles. The lowest BCUT2D eigenvalue weighted by Gasteiger charge is -2.37. The molecule has 2 rings (SSSR count). The maximum absolute atomic E-state index is 3.60. The molecule has 1 aromatic rings. The normalized spacial score (nSPS) is 19.5. The van der Waals surface area contributed by atoms with Gasteiger partial charge in [-0.1, -0.05) is 44.2 Å². The molecule has 0 aliphatic carbocycles. The average Bonchev–Trinajstić information content (AvgIpc) is 2.46. The Morgan fingerprint density at radius 2 is 1.89 bits per heavy atom. The second-order valence-electron chi connectivity index (χ2n) is 5.85. The maximum Gasteiger partial charge on any atom is 0.0472 e. The number of hydrogen-bond acceptors (Lipinski definition) is 2. The number of likely N-dealkylation sites (tertiary alicyclic amines) is 1. The van der Waals surface area contributed by atoms with Gasteiger partial charge in [-0.15, -0.1) is 0 Å². The summed E-state index contributed by atoms with van der Waals surface area (Å²) in [6.45, 7) is 9.29. The van der Waals surface area contributed by atoms with Gasteiger partial charge >= 0.3 is 0 Å². The Balaban J connectivity index is 2.01. The Morgan fingerprint density at radius 1 is 1.21 bits per heavy atom. The Labute approximate surface area is 118 Å². The topological polar surface area (TPSA) is 15.3 Å². The summed E-state index contributed by atoms with van der Waals surface area (Å²) in [5.41, 5.74) is 1.46. The van der Waals surface area contributed by atoms with Crippen molar-refractivity contribution >= 4 is 0 Å². The second kappa shape index (κ2) is 7.66. The molecular formula is C17H28N2. The summed E-state index contributed by atoms with van der Waals surface area (Å²) in [6.07, 6.45) is 3.90. The predicted octanol–water partition coefficient (Wildman–Crippen LogP) is 3.46. The fraction of sp³-hybridized carbons (Fsp3) is 0.647. The first-order chi connectivity index (χ1) is 9.31. The largest absolute Gasteiger partial charge is 0.315 e. The van der Waals surface area contributed by atoms with Crippen molar-refractivity contribution in [3.05, 3.63) is 35.9 Å². The summed E-state index contributed by atoms with van der Waals surface area (Å²) < 4.78 is 0. The second-order valence-corrected chi connectivity index (χ2v) is 5.85. The zero-order valence-electron chi connectivity index (χ0n) is 12.4. The molecule has 1 heterocycles. The van der Waals surface area contributed by atoms with Gasteiger partial charge in [-0.2, -0.15) is 0 Å². The molecule has 1 aromatic carbocycles. The van der Waals surface area contributed by atoms with Gasteiger partial charge in [0.1, 0.15) is 0 Å². The molecule has 2 nitrogen and oxygen atoms in total. The van der Waals surface area contributed by atoms with E-state index in [2.05, 4.69) is 54.4 Å². The van der Waals surface area contributed by atoms with Gasteiger partial charge in [0.15, 0.2) is 0 Å². The van der Waals surface area contributed by atoms with Gasteiger partial charge in [-0.3, -0.25) is 4.90 Å². The van der Waals surface area contributed by atoms with Crippen LogP contribution < -0.4 is 5.32 Å². The third-order valence-electron chi connectivity index (χ3n) is 4.21. The van der Waals surface area contributed by atoms with Crippen molar-refractivity contribution in [2.45, 2.75) is 39.2 Å². The van der Waals surface area contributed by atoms with E-state index in [1.165, 1.54) is 37.9 Å². The summed E-state index contributed by atoms with van der Waals surface area (Å²) in [6, 6.07) is 11.5. The van der Waals surface area contributed by atoms with Crippen molar-refractivity contribution in [1.82, 2.24) is 10.2 Å². The van der Waals surface area contributed by atoms with Crippen LogP contribution in [0.2, 0.25) is 0 Å². The third-order valence-corrected chi connectivity index (χ3v) is 4.21. The minimum atomic E-state index is 0.542. The van der Waals surface area contributed by atoms with Crippen LogP contribution in [0.4, 0.5) is 0 Å². The molecule has 0 radical (unpaired) electrons. The third kappa shape index (κ3) is 4.32. The van der Waals surface area contributed by atoms with E-state index in [1.54, 1.807) is 0 Å². The average molecular weight is 260 g/mol. The van der Waals surface area contributed by atoms with Crippen LogP contribution >= 0.6 is 0 Å². The monoisotopic (exact) mass is 260 g/mol. The van der Waals surface area contributed by atoms with Gasteiger partial charge < -0.3 is 5.32 Å². The van der Waals surface area contributed by atoms with Crippen molar-refractivity contribution in [2.75, 3.05) is 26.2 Å². The van der Waals surface area contributed by atoms with Crippen LogP contribution in [-0.4, -0.2) is 31.1 Å². The molecule has 106 valence electrons. The smallest absolute Gasteiger partial charge is 0.0472 e. The minimum Gasteiger partial charge on any atom is -0.315 e. The Hall–Kier alpha value is -0.860. The number of rotatable bonds is 6. The van der Waals surface area contributed by atoms with E-state index in [-0.39, 0.29) is 0 Å². The van der Waals surface area contributed by atoms with Crippen LogP contribution in [0.1, 0.15) is 44.7 Å². The molecule has 1 aliphatic rings. The summed E-state index contributed by atoms with van der Waals surface area (Å²) in [4.78, 5) is 2.66. The highest BCUT2D eigenvalue weighted by Crippen LogP contribution is 2.26. The van der Waals surface area contributed by atoms with Gasteiger partial charge in [-0.25, -0.2) is 0 Å². The van der Waals surface area contributed by atoms with Crippen LogP contribution in [0.3, 0.4) is 0 Å². The van der Waals surface area contributed by atoms with Crippen molar-refractivity contribution in [1.29, 1.82) is 0 Å². The van der Waals surface area contributed by atoms with Gasteiger partial charge in [0, 0.05) is 12.6 Å². The first-order valence-corrected chi connectivity index (χ1v) is 7.81. The molecular weight excluding hydrogens is 232 g/mol. The molecule has 0 saturated carbocycles. The molecule has 1 atom stereocenters. The fourth-order valence-corrected chi connectivity index (χ4v) is 2.89. The van der Waals surface area contributed by atoms with Crippen LogP contribution in [0.25, 0.3) is 0 Å². The predicted molar refractivity (Wildman–Crippen MR) is 82.3 cm³/mol. The molecule has 0 amide bonds. The molecule has 1 unspecified atom stereocenters. The Kier molecular flexibility index (Phi) is 5.87. The van der Waals surface area contributed by atoms with Crippen LogP contribution in [-0.2, 0) is 0 Å². The Bertz CT molecular complexity index is 342. The highest BCUT2D eigenvalue weighted by atomic mass is 15.2. The van der Waals surface area contributed by atoms with Gasteiger partial charge in [0.05, 0.1) is 0 Å². The summed E-state index contributed by atoms with van der Waals surface area (Å²) in [7, 11) is 0.